The standard InChI is InChI=1S/C14H21N3O/c1-3-5-15-13-8-12(4-6-16-13)10-17-9-11(2)7-14(17)18/h4,6,8,11H,3,5,7,9-10H2,1-2H3,(H,15,16). The van der Waals surface area contributed by atoms with E-state index in [-0.39, 0.29) is 5.91 Å². The first-order chi connectivity index (χ1) is 8.69. The van der Waals surface area contributed by atoms with Crippen molar-refractivity contribution in [2.75, 3.05) is 18.4 Å². The van der Waals surface area contributed by atoms with Gasteiger partial charge in [-0.05, 0) is 30.0 Å². The number of hydrogen-bond donors (Lipinski definition) is 1. The van der Waals surface area contributed by atoms with E-state index in [0.717, 1.165) is 30.9 Å². The first kappa shape index (κ1) is 12.9. The van der Waals surface area contributed by atoms with E-state index in [1.54, 1.807) is 6.20 Å². The molecule has 98 valence electrons. The molecule has 1 atom stereocenters. The minimum absolute atomic E-state index is 0.266. The van der Waals surface area contributed by atoms with Crippen molar-refractivity contribution in [3.8, 4) is 0 Å². The minimum atomic E-state index is 0.266. The van der Waals surface area contributed by atoms with Gasteiger partial charge in [0.15, 0.2) is 0 Å². The Morgan fingerprint density at radius 2 is 2.39 bits per heavy atom. The van der Waals surface area contributed by atoms with Gasteiger partial charge in [-0.3, -0.25) is 4.79 Å². The Labute approximate surface area is 108 Å². The second-order valence-electron chi connectivity index (χ2n) is 5.06. The topological polar surface area (TPSA) is 45.2 Å². The number of carbonyl (C=O) groups excluding carboxylic acids is 1. The van der Waals surface area contributed by atoms with Gasteiger partial charge in [-0.15, -0.1) is 0 Å². The number of anilines is 1. The number of pyridine rings is 1. The van der Waals surface area contributed by atoms with Crippen LogP contribution in [0.3, 0.4) is 0 Å². The van der Waals surface area contributed by atoms with Crippen molar-refractivity contribution < 1.29 is 4.79 Å². The quantitative estimate of drug-likeness (QED) is 0.868. The Bertz CT molecular complexity index is 419. The monoisotopic (exact) mass is 247 g/mol. The van der Waals surface area contributed by atoms with Crippen LogP contribution in [0.5, 0.6) is 0 Å². The number of nitrogens with one attached hydrogen (secondary N) is 1. The fraction of sp³-hybridized carbons (Fsp3) is 0.571. The highest BCUT2D eigenvalue weighted by molar-refractivity contribution is 5.78. The second-order valence-corrected chi connectivity index (χ2v) is 5.06. The van der Waals surface area contributed by atoms with E-state index in [4.69, 9.17) is 0 Å². The lowest BCUT2D eigenvalue weighted by Crippen LogP contribution is -2.24. The van der Waals surface area contributed by atoms with Crippen LogP contribution < -0.4 is 5.32 Å². The molecule has 0 spiro atoms. The molecule has 0 aliphatic carbocycles. The highest BCUT2D eigenvalue weighted by Crippen LogP contribution is 2.19. The van der Waals surface area contributed by atoms with E-state index in [1.807, 2.05) is 17.0 Å². The number of amides is 1. The second kappa shape index (κ2) is 5.85. The van der Waals surface area contributed by atoms with E-state index in [2.05, 4.69) is 24.1 Å². The van der Waals surface area contributed by atoms with Crippen molar-refractivity contribution >= 4 is 11.7 Å². The van der Waals surface area contributed by atoms with Crippen molar-refractivity contribution in [1.29, 1.82) is 0 Å². The number of hydrogen-bond acceptors (Lipinski definition) is 3. The third-order valence-electron chi connectivity index (χ3n) is 3.16. The predicted octanol–water partition coefficient (Wildman–Crippen LogP) is 2.27. The molecule has 1 amide bonds. The van der Waals surface area contributed by atoms with Gasteiger partial charge < -0.3 is 10.2 Å². The summed E-state index contributed by atoms with van der Waals surface area (Å²) in [6, 6.07) is 4.01. The first-order valence-corrected chi connectivity index (χ1v) is 6.65. The molecule has 1 aliphatic heterocycles. The molecule has 4 nitrogen and oxygen atoms in total. The molecule has 1 unspecified atom stereocenters. The number of rotatable bonds is 5. The molecule has 18 heavy (non-hydrogen) atoms. The zero-order valence-corrected chi connectivity index (χ0v) is 11.1. The van der Waals surface area contributed by atoms with Gasteiger partial charge in [-0.25, -0.2) is 4.98 Å². The van der Waals surface area contributed by atoms with Crippen LogP contribution in [0.25, 0.3) is 0 Å². The van der Waals surface area contributed by atoms with Gasteiger partial charge in [0, 0.05) is 32.3 Å². The average molecular weight is 247 g/mol. The van der Waals surface area contributed by atoms with Gasteiger partial charge in [0.2, 0.25) is 5.91 Å². The zero-order chi connectivity index (χ0) is 13.0. The smallest absolute Gasteiger partial charge is 0.223 e. The summed E-state index contributed by atoms with van der Waals surface area (Å²) < 4.78 is 0. The van der Waals surface area contributed by atoms with Crippen molar-refractivity contribution in [2.24, 2.45) is 5.92 Å². The molecule has 1 fully saturated rings. The fourth-order valence-electron chi connectivity index (χ4n) is 2.27. The number of nitrogens with zero attached hydrogens (tertiary/aromatic N) is 2. The summed E-state index contributed by atoms with van der Waals surface area (Å²) in [6.07, 6.45) is 3.57. The normalized spacial score (nSPS) is 19.3. The lowest BCUT2D eigenvalue weighted by Gasteiger charge is -2.16. The molecule has 0 bridgehead atoms. The van der Waals surface area contributed by atoms with Gasteiger partial charge in [-0.1, -0.05) is 13.8 Å². The summed E-state index contributed by atoms with van der Waals surface area (Å²) >= 11 is 0. The van der Waals surface area contributed by atoms with Crippen LogP contribution in [0.2, 0.25) is 0 Å². The van der Waals surface area contributed by atoms with Gasteiger partial charge in [0.1, 0.15) is 5.82 Å². The summed E-state index contributed by atoms with van der Waals surface area (Å²) in [5, 5.41) is 3.27. The Balaban J connectivity index is 1.98. The largest absolute Gasteiger partial charge is 0.370 e. The molecule has 2 heterocycles. The molecule has 2 rings (SSSR count). The number of likely N-dealkylation sites (tertiary alicyclic amines) is 1. The molecular weight excluding hydrogens is 226 g/mol. The Hall–Kier alpha value is -1.58. The third kappa shape index (κ3) is 3.22. The Morgan fingerprint density at radius 3 is 3.06 bits per heavy atom. The van der Waals surface area contributed by atoms with Crippen LogP contribution in [-0.2, 0) is 11.3 Å². The van der Waals surface area contributed by atoms with Crippen molar-refractivity contribution in [2.45, 2.75) is 33.2 Å². The molecule has 0 radical (unpaired) electrons. The number of carbonyl (C=O) groups is 1. The molecule has 1 aromatic heterocycles. The lowest BCUT2D eigenvalue weighted by atomic mass is 10.2. The Morgan fingerprint density at radius 1 is 1.56 bits per heavy atom. The highest BCUT2D eigenvalue weighted by atomic mass is 16.2. The van der Waals surface area contributed by atoms with Crippen LogP contribution in [0.15, 0.2) is 18.3 Å². The van der Waals surface area contributed by atoms with Crippen molar-refractivity contribution in [1.82, 2.24) is 9.88 Å². The highest BCUT2D eigenvalue weighted by Gasteiger charge is 2.26. The number of aromatic nitrogens is 1. The maximum absolute atomic E-state index is 11.7. The maximum atomic E-state index is 11.7. The van der Waals surface area contributed by atoms with Gasteiger partial charge >= 0.3 is 0 Å². The van der Waals surface area contributed by atoms with Crippen LogP contribution in [0, 0.1) is 5.92 Å². The van der Waals surface area contributed by atoms with E-state index < -0.39 is 0 Å². The zero-order valence-electron chi connectivity index (χ0n) is 11.1. The first-order valence-electron chi connectivity index (χ1n) is 6.65. The van der Waals surface area contributed by atoms with Gasteiger partial charge in [0.25, 0.3) is 0 Å². The molecule has 0 saturated carbocycles. The molecule has 1 saturated heterocycles. The summed E-state index contributed by atoms with van der Waals surface area (Å²) in [7, 11) is 0. The van der Waals surface area contributed by atoms with Gasteiger partial charge in [-0.2, -0.15) is 0 Å². The van der Waals surface area contributed by atoms with Gasteiger partial charge in [0.05, 0.1) is 0 Å². The lowest BCUT2D eigenvalue weighted by molar-refractivity contribution is -0.128. The van der Waals surface area contributed by atoms with E-state index in [0.29, 0.717) is 18.9 Å². The van der Waals surface area contributed by atoms with Crippen LogP contribution in [0.1, 0.15) is 32.3 Å². The third-order valence-corrected chi connectivity index (χ3v) is 3.16. The summed E-state index contributed by atoms with van der Waals surface area (Å²) in [4.78, 5) is 17.9. The molecule has 1 N–H and O–H groups in total. The van der Waals surface area contributed by atoms with Crippen LogP contribution in [-0.4, -0.2) is 28.9 Å². The Kier molecular flexibility index (Phi) is 4.18. The van der Waals surface area contributed by atoms with Crippen molar-refractivity contribution in [3.63, 3.8) is 0 Å². The minimum Gasteiger partial charge on any atom is -0.370 e. The van der Waals surface area contributed by atoms with E-state index in [9.17, 15) is 4.79 Å². The average Bonchev–Trinajstić information content (AvgIpc) is 2.66. The SMILES string of the molecule is CCCNc1cc(CN2CC(C)CC2=O)ccn1. The molecule has 1 aliphatic rings. The molecular formula is C14H21N3O. The van der Waals surface area contributed by atoms with E-state index >= 15 is 0 Å². The summed E-state index contributed by atoms with van der Waals surface area (Å²) in [5.41, 5.74) is 1.14. The summed E-state index contributed by atoms with van der Waals surface area (Å²) in [6.45, 7) is 6.75. The predicted molar refractivity (Wildman–Crippen MR) is 72.2 cm³/mol. The molecule has 0 aromatic carbocycles. The molecule has 4 heteroatoms. The fourth-order valence-corrected chi connectivity index (χ4v) is 2.27. The van der Waals surface area contributed by atoms with Crippen molar-refractivity contribution in [3.05, 3.63) is 23.9 Å². The summed E-state index contributed by atoms with van der Waals surface area (Å²) in [5.74, 6) is 1.65. The molecule has 1 aromatic rings. The maximum Gasteiger partial charge on any atom is 0.223 e. The van der Waals surface area contributed by atoms with E-state index in [1.165, 1.54) is 0 Å². The van der Waals surface area contributed by atoms with Crippen LogP contribution in [0.4, 0.5) is 5.82 Å². The van der Waals surface area contributed by atoms with Crippen LogP contribution >= 0.6 is 0 Å².